The molecule has 0 amide bonds. The van der Waals surface area contributed by atoms with Gasteiger partial charge in [0.1, 0.15) is 0 Å². The first-order valence-electron chi connectivity index (χ1n) is 5.65. The van der Waals surface area contributed by atoms with E-state index in [2.05, 4.69) is 24.2 Å². The lowest BCUT2D eigenvalue weighted by Crippen LogP contribution is -2.61. The van der Waals surface area contributed by atoms with Gasteiger partial charge in [-0.05, 0) is 32.7 Å². The normalized spacial score (nSPS) is 38.3. The minimum absolute atomic E-state index is 0.439. The molecule has 2 fully saturated rings. The molecule has 2 rings (SSSR count). The molecule has 1 aliphatic heterocycles. The quantitative estimate of drug-likeness (QED) is 0.660. The van der Waals surface area contributed by atoms with Crippen LogP contribution >= 0.6 is 0 Å². The van der Waals surface area contributed by atoms with Crippen molar-refractivity contribution in [2.24, 2.45) is 5.92 Å². The van der Waals surface area contributed by atoms with Crippen molar-refractivity contribution in [3.63, 3.8) is 0 Å². The summed E-state index contributed by atoms with van der Waals surface area (Å²) < 4.78 is 0. The minimum atomic E-state index is 0.439. The van der Waals surface area contributed by atoms with Crippen molar-refractivity contribution in [2.75, 3.05) is 26.7 Å². The van der Waals surface area contributed by atoms with Gasteiger partial charge in [-0.2, -0.15) is 0 Å². The Labute approximate surface area is 81.7 Å². The van der Waals surface area contributed by atoms with Crippen LogP contribution in [0, 0.1) is 5.92 Å². The van der Waals surface area contributed by atoms with E-state index in [1.807, 2.05) is 0 Å². The van der Waals surface area contributed by atoms with Crippen LogP contribution in [0.15, 0.2) is 0 Å². The highest BCUT2D eigenvalue weighted by atomic mass is 15.2. The molecule has 0 aromatic heterocycles. The van der Waals surface area contributed by atoms with Crippen molar-refractivity contribution in [3.8, 4) is 0 Å². The summed E-state index contributed by atoms with van der Waals surface area (Å²) in [4.78, 5) is 2.57. The first kappa shape index (κ1) is 9.47. The number of hydrogen-bond donors (Lipinski definition) is 1. The second-order valence-electron chi connectivity index (χ2n) is 4.94. The van der Waals surface area contributed by atoms with Crippen LogP contribution in [0.3, 0.4) is 0 Å². The van der Waals surface area contributed by atoms with Gasteiger partial charge in [0.05, 0.1) is 0 Å². The number of rotatable bonds is 1. The van der Waals surface area contributed by atoms with Gasteiger partial charge in [0.15, 0.2) is 0 Å². The van der Waals surface area contributed by atoms with Crippen LogP contribution in [0.4, 0.5) is 0 Å². The van der Waals surface area contributed by atoms with E-state index in [4.69, 9.17) is 0 Å². The lowest BCUT2D eigenvalue weighted by atomic mass is 9.81. The van der Waals surface area contributed by atoms with Crippen molar-refractivity contribution in [3.05, 3.63) is 0 Å². The van der Waals surface area contributed by atoms with Crippen LogP contribution in [-0.2, 0) is 0 Å². The molecule has 13 heavy (non-hydrogen) atoms. The second-order valence-corrected chi connectivity index (χ2v) is 4.94. The van der Waals surface area contributed by atoms with Crippen LogP contribution in [-0.4, -0.2) is 37.1 Å². The molecule has 2 heteroatoms. The Morgan fingerprint density at radius 2 is 2.00 bits per heavy atom. The van der Waals surface area contributed by atoms with Crippen LogP contribution < -0.4 is 5.32 Å². The smallest absolute Gasteiger partial charge is 0.0331 e. The number of nitrogens with one attached hydrogen (secondary N) is 1. The molecule has 1 saturated carbocycles. The van der Waals surface area contributed by atoms with Gasteiger partial charge in [-0.3, -0.25) is 4.90 Å². The molecule has 2 aliphatic rings. The van der Waals surface area contributed by atoms with E-state index in [0.717, 1.165) is 5.92 Å². The molecule has 1 unspecified atom stereocenters. The average Bonchev–Trinajstić information content (AvgIpc) is 2.63. The lowest BCUT2D eigenvalue weighted by Gasteiger charge is -2.47. The molecule has 1 heterocycles. The molecule has 1 atom stereocenters. The third-order valence-corrected chi connectivity index (χ3v) is 4.21. The summed E-state index contributed by atoms with van der Waals surface area (Å²) in [5.41, 5.74) is 0.439. The average molecular weight is 182 g/mol. The summed E-state index contributed by atoms with van der Waals surface area (Å²) in [6, 6.07) is 0. The van der Waals surface area contributed by atoms with Crippen LogP contribution in [0.2, 0.25) is 0 Å². The maximum Gasteiger partial charge on any atom is 0.0331 e. The lowest BCUT2D eigenvalue weighted by molar-refractivity contribution is 0.0493. The van der Waals surface area contributed by atoms with Gasteiger partial charge in [0.2, 0.25) is 0 Å². The van der Waals surface area contributed by atoms with Gasteiger partial charge < -0.3 is 5.32 Å². The summed E-state index contributed by atoms with van der Waals surface area (Å²) in [7, 11) is 2.29. The first-order chi connectivity index (χ1) is 6.23. The van der Waals surface area contributed by atoms with Crippen molar-refractivity contribution < 1.29 is 0 Å². The topological polar surface area (TPSA) is 15.3 Å². The van der Waals surface area contributed by atoms with Gasteiger partial charge in [0.25, 0.3) is 0 Å². The molecule has 1 aliphatic carbocycles. The molecule has 0 aromatic carbocycles. The number of hydrogen-bond acceptors (Lipinski definition) is 2. The Kier molecular flexibility index (Phi) is 2.61. The molecular formula is C11H22N2. The van der Waals surface area contributed by atoms with Crippen molar-refractivity contribution in [1.82, 2.24) is 10.2 Å². The zero-order valence-corrected chi connectivity index (χ0v) is 8.97. The molecule has 0 spiro atoms. The minimum Gasteiger partial charge on any atom is -0.314 e. The van der Waals surface area contributed by atoms with Crippen LogP contribution in [0.5, 0.6) is 0 Å². The molecule has 0 bridgehead atoms. The van der Waals surface area contributed by atoms with Gasteiger partial charge in [-0.1, -0.05) is 12.8 Å². The summed E-state index contributed by atoms with van der Waals surface area (Å²) in [6.07, 6.45) is 5.80. The molecule has 2 nitrogen and oxygen atoms in total. The molecular weight excluding hydrogens is 160 g/mol. The monoisotopic (exact) mass is 182 g/mol. The fourth-order valence-corrected chi connectivity index (χ4v) is 2.98. The van der Waals surface area contributed by atoms with E-state index in [-0.39, 0.29) is 0 Å². The molecule has 1 N–H and O–H groups in total. The van der Waals surface area contributed by atoms with E-state index in [0.29, 0.717) is 5.54 Å². The Balaban J connectivity index is 2.06. The van der Waals surface area contributed by atoms with Crippen molar-refractivity contribution in [1.29, 1.82) is 0 Å². The van der Waals surface area contributed by atoms with Gasteiger partial charge in [-0.25, -0.2) is 0 Å². The fourth-order valence-electron chi connectivity index (χ4n) is 2.98. The summed E-state index contributed by atoms with van der Waals surface area (Å²) in [5, 5.41) is 3.54. The Hall–Kier alpha value is -0.0800. The standard InChI is InChI=1S/C11H22N2/c1-11(10-5-3-4-6-10)9-12-7-8-13(11)2/h10,12H,3-9H2,1-2H3. The van der Waals surface area contributed by atoms with Crippen LogP contribution in [0.1, 0.15) is 32.6 Å². The number of likely N-dealkylation sites (N-methyl/N-ethyl adjacent to an activating group) is 1. The Bertz CT molecular complexity index is 175. The highest BCUT2D eigenvalue weighted by Gasteiger charge is 2.40. The van der Waals surface area contributed by atoms with E-state index >= 15 is 0 Å². The number of nitrogens with zero attached hydrogens (tertiary/aromatic N) is 1. The highest BCUT2D eigenvalue weighted by Crippen LogP contribution is 2.37. The largest absolute Gasteiger partial charge is 0.314 e. The molecule has 1 saturated heterocycles. The molecule has 0 radical (unpaired) electrons. The first-order valence-corrected chi connectivity index (χ1v) is 5.65. The fraction of sp³-hybridized carbons (Fsp3) is 1.00. The zero-order chi connectivity index (χ0) is 9.31. The number of piperazine rings is 1. The SMILES string of the molecule is CN1CCNCC1(C)C1CCCC1. The van der Waals surface area contributed by atoms with E-state index in [1.165, 1.54) is 45.3 Å². The third kappa shape index (κ3) is 1.62. The predicted molar refractivity (Wildman–Crippen MR) is 55.9 cm³/mol. The summed E-state index contributed by atoms with van der Waals surface area (Å²) >= 11 is 0. The maximum atomic E-state index is 3.54. The third-order valence-electron chi connectivity index (χ3n) is 4.21. The van der Waals surface area contributed by atoms with E-state index < -0.39 is 0 Å². The summed E-state index contributed by atoms with van der Waals surface area (Å²) in [5.74, 6) is 0.935. The van der Waals surface area contributed by atoms with Gasteiger partial charge >= 0.3 is 0 Å². The van der Waals surface area contributed by atoms with Crippen LogP contribution in [0.25, 0.3) is 0 Å². The molecule has 0 aromatic rings. The maximum absolute atomic E-state index is 3.54. The molecule has 76 valence electrons. The second kappa shape index (κ2) is 3.58. The van der Waals surface area contributed by atoms with E-state index in [1.54, 1.807) is 0 Å². The highest BCUT2D eigenvalue weighted by molar-refractivity contribution is 4.97. The van der Waals surface area contributed by atoms with Gasteiger partial charge in [-0.15, -0.1) is 0 Å². The van der Waals surface area contributed by atoms with Crippen molar-refractivity contribution >= 4 is 0 Å². The Morgan fingerprint density at radius 3 is 2.62 bits per heavy atom. The predicted octanol–water partition coefficient (Wildman–Crippen LogP) is 1.47. The van der Waals surface area contributed by atoms with Crippen molar-refractivity contribution in [2.45, 2.75) is 38.1 Å². The zero-order valence-electron chi connectivity index (χ0n) is 8.97. The summed E-state index contributed by atoms with van der Waals surface area (Å²) in [6.45, 7) is 6.01. The van der Waals surface area contributed by atoms with Gasteiger partial charge in [0, 0.05) is 25.2 Å². The van der Waals surface area contributed by atoms with E-state index in [9.17, 15) is 0 Å². The Morgan fingerprint density at radius 1 is 1.31 bits per heavy atom.